The number of rotatable bonds is 2. The standard InChI is InChI=1S/C10H13NO2/c1-6-3-7(2)10(8(12)4-6)9(13)5-11/h3-4,12H,5,11H2,1-2H3. The van der Waals surface area contributed by atoms with Crippen molar-refractivity contribution in [3.63, 3.8) is 0 Å². The van der Waals surface area contributed by atoms with E-state index >= 15 is 0 Å². The summed E-state index contributed by atoms with van der Waals surface area (Å²) in [6.07, 6.45) is 0. The Bertz CT molecular complexity index is 322. The largest absolute Gasteiger partial charge is 0.507 e. The van der Waals surface area contributed by atoms with Gasteiger partial charge in [0.25, 0.3) is 0 Å². The first-order valence-corrected chi connectivity index (χ1v) is 4.09. The lowest BCUT2D eigenvalue weighted by Crippen LogP contribution is -2.15. The molecule has 0 saturated heterocycles. The minimum Gasteiger partial charge on any atom is -0.507 e. The summed E-state index contributed by atoms with van der Waals surface area (Å²) in [6, 6.07) is 3.42. The molecule has 0 saturated carbocycles. The summed E-state index contributed by atoms with van der Waals surface area (Å²) in [5, 5.41) is 9.50. The average Bonchev–Trinajstić information content (AvgIpc) is 2.02. The summed E-state index contributed by atoms with van der Waals surface area (Å²) in [5.41, 5.74) is 7.27. The first-order chi connectivity index (χ1) is 6.06. The van der Waals surface area contributed by atoms with Crippen molar-refractivity contribution in [1.82, 2.24) is 0 Å². The highest BCUT2D eigenvalue weighted by atomic mass is 16.3. The molecule has 0 radical (unpaired) electrons. The van der Waals surface area contributed by atoms with Crippen molar-refractivity contribution in [3.8, 4) is 5.75 Å². The van der Waals surface area contributed by atoms with Crippen molar-refractivity contribution >= 4 is 5.78 Å². The summed E-state index contributed by atoms with van der Waals surface area (Å²) >= 11 is 0. The van der Waals surface area contributed by atoms with Crippen LogP contribution in [0.25, 0.3) is 0 Å². The van der Waals surface area contributed by atoms with Gasteiger partial charge in [-0.05, 0) is 31.0 Å². The molecular weight excluding hydrogens is 166 g/mol. The molecule has 1 rings (SSSR count). The lowest BCUT2D eigenvalue weighted by molar-refractivity contribution is 0.0998. The summed E-state index contributed by atoms with van der Waals surface area (Å²) in [4.78, 5) is 11.3. The molecule has 0 atom stereocenters. The normalized spacial score (nSPS) is 10.1. The van der Waals surface area contributed by atoms with Crippen LogP contribution in [0.1, 0.15) is 21.5 Å². The summed E-state index contributed by atoms with van der Waals surface area (Å²) in [6.45, 7) is 3.58. The van der Waals surface area contributed by atoms with E-state index in [0.29, 0.717) is 5.56 Å². The maximum atomic E-state index is 11.3. The van der Waals surface area contributed by atoms with Crippen molar-refractivity contribution in [2.24, 2.45) is 5.73 Å². The zero-order chi connectivity index (χ0) is 10.0. The third kappa shape index (κ3) is 1.87. The Morgan fingerprint density at radius 1 is 1.46 bits per heavy atom. The highest BCUT2D eigenvalue weighted by Crippen LogP contribution is 2.22. The number of phenols is 1. The summed E-state index contributed by atoms with van der Waals surface area (Å²) < 4.78 is 0. The van der Waals surface area contributed by atoms with Crippen LogP contribution in [-0.4, -0.2) is 17.4 Å². The summed E-state index contributed by atoms with van der Waals surface area (Å²) in [5.74, 6) is -0.206. The Morgan fingerprint density at radius 2 is 2.08 bits per heavy atom. The second kappa shape index (κ2) is 3.58. The van der Waals surface area contributed by atoms with Crippen molar-refractivity contribution in [3.05, 3.63) is 28.8 Å². The number of hydrogen-bond acceptors (Lipinski definition) is 3. The summed E-state index contributed by atoms with van der Waals surface area (Å²) in [7, 11) is 0. The molecule has 0 amide bonds. The van der Waals surface area contributed by atoms with Gasteiger partial charge in [-0.25, -0.2) is 0 Å². The molecule has 0 bridgehead atoms. The van der Waals surface area contributed by atoms with E-state index < -0.39 is 0 Å². The van der Waals surface area contributed by atoms with Gasteiger partial charge in [0.1, 0.15) is 5.75 Å². The second-order valence-corrected chi connectivity index (χ2v) is 3.10. The van der Waals surface area contributed by atoms with Crippen molar-refractivity contribution in [1.29, 1.82) is 0 Å². The number of aryl methyl sites for hydroxylation is 2. The van der Waals surface area contributed by atoms with Crippen LogP contribution in [0, 0.1) is 13.8 Å². The molecule has 3 heteroatoms. The molecule has 0 unspecified atom stereocenters. The van der Waals surface area contributed by atoms with Crippen molar-refractivity contribution < 1.29 is 9.90 Å². The number of nitrogens with two attached hydrogens (primary N) is 1. The Morgan fingerprint density at radius 3 is 2.54 bits per heavy atom. The zero-order valence-corrected chi connectivity index (χ0v) is 7.79. The number of hydrogen-bond donors (Lipinski definition) is 2. The number of carbonyl (C=O) groups is 1. The van der Waals surface area contributed by atoms with E-state index in [4.69, 9.17) is 5.73 Å². The molecule has 1 aromatic carbocycles. The third-order valence-corrected chi connectivity index (χ3v) is 1.92. The average molecular weight is 179 g/mol. The smallest absolute Gasteiger partial charge is 0.180 e. The quantitative estimate of drug-likeness (QED) is 0.669. The fourth-order valence-corrected chi connectivity index (χ4v) is 1.41. The van der Waals surface area contributed by atoms with Gasteiger partial charge in [-0.3, -0.25) is 4.79 Å². The monoisotopic (exact) mass is 179 g/mol. The highest BCUT2D eigenvalue weighted by Gasteiger charge is 2.12. The van der Waals surface area contributed by atoms with Gasteiger partial charge in [0.05, 0.1) is 12.1 Å². The van der Waals surface area contributed by atoms with Gasteiger partial charge in [0.15, 0.2) is 5.78 Å². The van der Waals surface area contributed by atoms with E-state index in [9.17, 15) is 9.90 Å². The zero-order valence-electron chi connectivity index (χ0n) is 7.79. The van der Waals surface area contributed by atoms with Gasteiger partial charge in [-0.2, -0.15) is 0 Å². The molecule has 0 aliphatic rings. The first kappa shape index (κ1) is 9.74. The minimum absolute atomic E-state index is 0.0213. The lowest BCUT2D eigenvalue weighted by atomic mass is 10.0. The van der Waals surface area contributed by atoms with Crippen LogP contribution in [0.5, 0.6) is 5.75 Å². The van der Waals surface area contributed by atoms with E-state index in [1.165, 1.54) is 0 Å². The van der Waals surface area contributed by atoms with Gasteiger partial charge in [-0.15, -0.1) is 0 Å². The fourth-order valence-electron chi connectivity index (χ4n) is 1.41. The van der Waals surface area contributed by atoms with Crippen LogP contribution in [-0.2, 0) is 0 Å². The number of Topliss-reactive ketones (excluding diaryl/α,β-unsaturated/α-hetero) is 1. The number of benzene rings is 1. The Hall–Kier alpha value is -1.35. The second-order valence-electron chi connectivity index (χ2n) is 3.10. The van der Waals surface area contributed by atoms with Crippen LogP contribution in [0.3, 0.4) is 0 Å². The van der Waals surface area contributed by atoms with Crippen LogP contribution >= 0.6 is 0 Å². The molecule has 0 fully saturated rings. The Labute approximate surface area is 77.2 Å². The maximum Gasteiger partial charge on any atom is 0.180 e. The maximum absolute atomic E-state index is 11.3. The number of aromatic hydroxyl groups is 1. The van der Waals surface area contributed by atoms with Gasteiger partial charge in [0.2, 0.25) is 0 Å². The van der Waals surface area contributed by atoms with E-state index in [2.05, 4.69) is 0 Å². The van der Waals surface area contributed by atoms with Crippen molar-refractivity contribution in [2.75, 3.05) is 6.54 Å². The number of phenolic OH excluding ortho intramolecular Hbond substituents is 1. The van der Waals surface area contributed by atoms with E-state index in [1.807, 2.05) is 13.0 Å². The molecule has 0 aromatic heterocycles. The SMILES string of the molecule is Cc1cc(C)c(C(=O)CN)c(O)c1. The molecule has 3 nitrogen and oxygen atoms in total. The predicted molar refractivity (Wildman–Crippen MR) is 51.0 cm³/mol. The molecule has 3 N–H and O–H groups in total. The van der Waals surface area contributed by atoms with E-state index in [0.717, 1.165) is 11.1 Å². The minimum atomic E-state index is -0.227. The van der Waals surface area contributed by atoms with Crippen LogP contribution in [0.2, 0.25) is 0 Å². The van der Waals surface area contributed by atoms with Crippen molar-refractivity contribution in [2.45, 2.75) is 13.8 Å². The highest BCUT2D eigenvalue weighted by molar-refractivity contribution is 6.01. The Balaban J connectivity index is 3.28. The molecule has 1 aromatic rings. The molecule has 0 aliphatic heterocycles. The third-order valence-electron chi connectivity index (χ3n) is 1.92. The molecule has 0 heterocycles. The molecule has 0 spiro atoms. The van der Waals surface area contributed by atoms with E-state index in [1.54, 1.807) is 13.0 Å². The lowest BCUT2D eigenvalue weighted by Gasteiger charge is -2.07. The molecule has 70 valence electrons. The topological polar surface area (TPSA) is 63.3 Å². The molecular formula is C10H13NO2. The Kier molecular flexibility index (Phi) is 2.68. The predicted octanol–water partition coefficient (Wildman–Crippen LogP) is 1.15. The van der Waals surface area contributed by atoms with Gasteiger partial charge >= 0.3 is 0 Å². The number of carbonyl (C=O) groups excluding carboxylic acids is 1. The van der Waals surface area contributed by atoms with Crippen LogP contribution in [0.15, 0.2) is 12.1 Å². The first-order valence-electron chi connectivity index (χ1n) is 4.09. The van der Waals surface area contributed by atoms with Crippen LogP contribution in [0.4, 0.5) is 0 Å². The van der Waals surface area contributed by atoms with E-state index in [-0.39, 0.29) is 18.1 Å². The fraction of sp³-hybridized carbons (Fsp3) is 0.300. The molecule has 0 aliphatic carbocycles. The van der Waals surface area contributed by atoms with Crippen LogP contribution < -0.4 is 5.73 Å². The number of ketones is 1. The molecule has 13 heavy (non-hydrogen) atoms. The van der Waals surface area contributed by atoms with Gasteiger partial charge < -0.3 is 10.8 Å². The van der Waals surface area contributed by atoms with Gasteiger partial charge in [0, 0.05) is 0 Å². The van der Waals surface area contributed by atoms with Gasteiger partial charge in [-0.1, -0.05) is 6.07 Å².